The zero-order valence-electron chi connectivity index (χ0n) is 12.1. The van der Waals surface area contributed by atoms with Crippen molar-refractivity contribution in [2.45, 2.75) is 25.8 Å². The summed E-state index contributed by atoms with van der Waals surface area (Å²) < 4.78 is 5.02. The van der Waals surface area contributed by atoms with Crippen molar-refractivity contribution in [2.75, 3.05) is 32.1 Å². The Labute approximate surface area is 119 Å². The van der Waals surface area contributed by atoms with Gasteiger partial charge >= 0.3 is 0 Å². The van der Waals surface area contributed by atoms with Crippen molar-refractivity contribution >= 4 is 11.9 Å². The van der Waals surface area contributed by atoms with E-state index in [1.165, 1.54) is 0 Å². The number of methoxy groups -OCH3 is 1. The summed E-state index contributed by atoms with van der Waals surface area (Å²) in [6.07, 6.45) is 3.32. The molecule has 1 atom stereocenters. The minimum absolute atomic E-state index is 0.0721. The highest BCUT2D eigenvalue weighted by atomic mass is 16.5. The first kappa shape index (κ1) is 16.3. The van der Waals surface area contributed by atoms with Crippen molar-refractivity contribution in [1.82, 2.24) is 15.3 Å². The van der Waals surface area contributed by atoms with Crippen LogP contribution in [0, 0.1) is 0 Å². The maximum atomic E-state index is 11.9. The molecule has 0 radical (unpaired) electrons. The number of carbonyl (C=O) groups excluding carboxylic acids is 1. The second kappa shape index (κ2) is 9.22. The number of amides is 1. The number of unbranched alkanes of at least 4 members (excludes halogenated alkanes) is 1. The predicted molar refractivity (Wildman–Crippen MR) is 77.6 cm³/mol. The van der Waals surface area contributed by atoms with Gasteiger partial charge in [0.15, 0.2) is 0 Å². The molecule has 1 aromatic rings. The van der Waals surface area contributed by atoms with E-state index >= 15 is 0 Å². The monoisotopic (exact) mass is 281 g/mol. The van der Waals surface area contributed by atoms with Gasteiger partial charge in [-0.25, -0.2) is 9.97 Å². The molecule has 20 heavy (non-hydrogen) atoms. The lowest BCUT2D eigenvalue weighted by Crippen LogP contribution is -2.27. The van der Waals surface area contributed by atoms with E-state index in [-0.39, 0.29) is 11.9 Å². The summed E-state index contributed by atoms with van der Waals surface area (Å²) >= 11 is 0. The molecule has 0 saturated carbocycles. The molecule has 0 fully saturated rings. The molecule has 112 valence electrons. The molecule has 7 heteroatoms. The standard InChI is InChI=1S/C13H23N5O2/c1-10(9-20-2)17-13-16-8-5-11(18-13)12(19)15-7-4-3-6-14/h5,8,10H,3-4,6-7,9,14H2,1-2H3,(H,15,19)(H,16,17,18). The largest absolute Gasteiger partial charge is 0.383 e. The normalized spacial score (nSPS) is 11.9. The number of anilines is 1. The smallest absolute Gasteiger partial charge is 0.270 e. The Balaban J connectivity index is 2.51. The van der Waals surface area contributed by atoms with Crippen molar-refractivity contribution in [3.05, 3.63) is 18.0 Å². The zero-order chi connectivity index (χ0) is 14.8. The summed E-state index contributed by atoms with van der Waals surface area (Å²) in [5.74, 6) is 0.219. The summed E-state index contributed by atoms with van der Waals surface area (Å²) in [5, 5.41) is 5.87. The average Bonchev–Trinajstić information content (AvgIpc) is 2.44. The van der Waals surface area contributed by atoms with E-state index < -0.39 is 0 Å². The first-order chi connectivity index (χ1) is 9.67. The quantitative estimate of drug-likeness (QED) is 0.566. The van der Waals surface area contributed by atoms with Crippen LogP contribution in [0.3, 0.4) is 0 Å². The van der Waals surface area contributed by atoms with Gasteiger partial charge in [0.1, 0.15) is 5.69 Å². The van der Waals surface area contributed by atoms with Crippen LogP contribution in [-0.4, -0.2) is 48.7 Å². The van der Waals surface area contributed by atoms with Gasteiger partial charge in [-0.2, -0.15) is 0 Å². The summed E-state index contributed by atoms with van der Waals surface area (Å²) in [7, 11) is 1.63. The van der Waals surface area contributed by atoms with Gasteiger partial charge in [-0.1, -0.05) is 0 Å². The van der Waals surface area contributed by atoms with E-state index in [1.807, 2.05) is 6.92 Å². The number of hydrogen-bond donors (Lipinski definition) is 3. The van der Waals surface area contributed by atoms with E-state index in [0.717, 1.165) is 12.8 Å². The van der Waals surface area contributed by atoms with Crippen molar-refractivity contribution in [3.8, 4) is 0 Å². The third-order valence-electron chi connectivity index (χ3n) is 2.60. The van der Waals surface area contributed by atoms with E-state index in [4.69, 9.17) is 10.5 Å². The van der Waals surface area contributed by atoms with Crippen LogP contribution in [0.4, 0.5) is 5.95 Å². The van der Waals surface area contributed by atoms with Crippen LogP contribution in [0.2, 0.25) is 0 Å². The number of nitrogens with zero attached hydrogens (tertiary/aromatic N) is 2. The maximum absolute atomic E-state index is 11.9. The van der Waals surface area contributed by atoms with Crippen LogP contribution >= 0.6 is 0 Å². The fourth-order valence-electron chi connectivity index (χ4n) is 1.63. The van der Waals surface area contributed by atoms with Gasteiger partial charge in [-0.3, -0.25) is 4.79 Å². The second-order valence-corrected chi connectivity index (χ2v) is 4.52. The lowest BCUT2D eigenvalue weighted by Gasteiger charge is -2.12. The summed E-state index contributed by atoms with van der Waals surface area (Å²) in [6.45, 7) is 3.73. The highest BCUT2D eigenvalue weighted by Crippen LogP contribution is 2.03. The van der Waals surface area contributed by atoms with Gasteiger partial charge in [0.05, 0.1) is 6.61 Å². The molecule has 0 bridgehead atoms. The molecule has 0 saturated heterocycles. The lowest BCUT2D eigenvalue weighted by molar-refractivity contribution is 0.0948. The van der Waals surface area contributed by atoms with Gasteiger partial charge in [-0.05, 0) is 32.4 Å². The molecule has 0 spiro atoms. The molecule has 0 aliphatic rings. The molecule has 0 aromatic carbocycles. The first-order valence-electron chi connectivity index (χ1n) is 6.74. The SMILES string of the molecule is COCC(C)Nc1nccc(C(=O)NCCCCN)n1. The van der Waals surface area contributed by atoms with Gasteiger partial charge in [0.2, 0.25) is 5.95 Å². The number of nitrogens with one attached hydrogen (secondary N) is 2. The van der Waals surface area contributed by atoms with Crippen molar-refractivity contribution in [3.63, 3.8) is 0 Å². The van der Waals surface area contributed by atoms with Crippen molar-refractivity contribution < 1.29 is 9.53 Å². The maximum Gasteiger partial charge on any atom is 0.270 e. The Morgan fingerprint density at radius 3 is 3.00 bits per heavy atom. The van der Waals surface area contributed by atoms with Gasteiger partial charge in [0.25, 0.3) is 5.91 Å². The molecule has 1 amide bonds. The molecular weight excluding hydrogens is 258 g/mol. The number of aromatic nitrogens is 2. The number of rotatable bonds is 9. The van der Waals surface area contributed by atoms with E-state index in [1.54, 1.807) is 19.4 Å². The van der Waals surface area contributed by atoms with E-state index in [2.05, 4.69) is 20.6 Å². The lowest BCUT2D eigenvalue weighted by atomic mass is 10.3. The topological polar surface area (TPSA) is 102 Å². The number of ether oxygens (including phenoxy) is 1. The molecule has 0 aliphatic heterocycles. The Morgan fingerprint density at radius 2 is 2.30 bits per heavy atom. The third-order valence-corrected chi connectivity index (χ3v) is 2.60. The average molecular weight is 281 g/mol. The van der Waals surface area contributed by atoms with Crippen LogP contribution in [0.1, 0.15) is 30.3 Å². The molecule has 4 N–H and O–H groups in total. The summed E-state index contributed by atoms with van der Waals surface area (Å²) in [5.41, 5.74) is 5.74. The minimum atomic E-state index is -0.202. The van der Waals surface area contributed by atoms with Gasteiger partial charge < -0.3 is 21.1 Å². The van der Waals surface area contributed by atoms with Crippen molar-refractivity contribution in [2.24, 2.45) is 5.73 Å². The Kier molecular flexibility index (Phi) is 7.52. The van der Waals surface area contributed by atoms with Crippen LogP contribution in [-0.2, 0) is 4.74 Å². The molecule has 1 rings (SSSR count). The summed E-state index contributed by atoms with van der Waals surface area (Å²) in [4.78, 5) is 20.1. The number of hydrogen-bond acceptors (Lipinski definition) is 6. The highest BCUT2D eigenvalue weighted by molar-refractivity contribution is 5.92. The van der Waals surface area contributed by atoms with Crippen molar-refractivity contribution in [1.29, 1.82) is 0 Å². The van der Waals surface area contributed by atoms with Crippen LogP contribution < -0.4 is 16.4 Å². The fourth-order valence-corrected chi connectivity index (χ4v) is 1.63. The molecular formula is C13H23N5O2. The minimum Gasteiger partial charge on any atom is -0.383 e. The Morgan fingerprint density at radius 1 is 1.50 bits per heavy atom. The molecule has 1 heterocycles. The molecule has 1 aromatic heterocycles. The zero-order valence-corrected chi connectivity index (χ0v) is 12.1. The predicted octanol–water partition coefficient (Wildman–Crippen LogP) is 0.392. The number of nitrogens with two attached hydrogens (primary N) is 1. The highest BCUT2D eigenvalue weighted by Gasteiger charge is 2.09. The Bertz CT molecular complexity index is 414. The number of carbonyl (C=O) groups is 1. The van der Waals surface area contributed by atoms with E-state index in [0.29, 0.717) is 31.3 Å². The van der Waals surface area contributed by atoms with Crippen LogP contribution in [0.5, 0.6) is 0 Å². The van der Waals surface area contributed by atoms with Gasteiger partial charge in [-0.15, -0.1) is 0 Å². The fraction of sp³-hybridized carbons (Fsp3) is 0.615. The first-order valence-corrected chi connectivity index (χ1v) is 6.74. The van der Waals surface area contributed by atoms with E-state index in [9.17, 15) is 4.79 Å². The second-order valence-electron chi connectivity index (χ2n) is 4.52. The Hall–Kier alpha value is -1.73. The molecule has 0 aliphatic carbocycles. The van der Waals surface area contributed by atoms with Crippen LogP contribution in [0.15, 0.2) is 12.3 Å². The third kappa shape index (κ3) is 5.94. The van der Waals surface area contributed by atoms with Gasteiger partial charge in [0, 0.05) is 25.9 Å². The molecule has 1 unspecified atom stereocenters. The summed E-state index contributed by atoms with van der Waals surface area (Å²) in [6, 6.07) is 1.66. The molecule has 7 nitrogen and oxygen atoms in total. The van der Waals surface area contributed by atoms with Crippen LogP contribution in [0.25, 0.3) is 0 Å².